The fourth-order valence-electron chi connectivity index (χ4n) is 2.84. The van der Waals surface area contributed by atoms with Gasteiger partial charge in [-0.25, -0.2) is 9.97 Å². The highest BCUT2D eigenvalue weighted by molar-refractivity contribution is 6.31. The van der Waals surface area contributed by atoms with Crippen molar-refractivity contribution in [2.45, 2.75) is 26.7 Å². The number of carbonyl (C=O) groups excluding carboxylic acids is 1. The zero-order chi connectivity index (χ0) is 17.1. The summed E-state index contributed by atoms with van der Waals surface area (Å²) in [4.78, 5) is 23.4. The monoisotopic (exact) mass is 344 g/mol. The molecule has 1 N–H and O–H groups in total. The first-order valence-corrected chi connectivity index (χ1v) is 8.52. The van der Waals surface area contributed by atoms with Gasteiger partial charge in [-0.3, -0.25) is 4.79 Å². The molecule has 1 aromatic carbocycles. The number of halogens is 1. The van der Waals surface area contributed by atoms with Crippen LogP contribution >= 0.6 is 11.6 Å². The number of hydrogen-bond donors (Lipinski definition) is 1. The molecule has 24 heavy (non-hydrogen) atoms. The normalized spacial score (nSPS) is 15.4. The Morgan fingerprint density at radius 2 is 2.00 bits per heavy atom. The Morgan fingerprint density at radius 3 is 2.67 bits per heavy atom. The lowest BCUT2D eigenvalue weighted by Crippen LogP contribution is -2.39. The standard InChI is InChI=1S/C18H21ClN4O/c1-12-3-4-15(11-16(12)19)22-17(24)14-6-9-23(10-7-14)18-20-8-5-13(2)21-18/h3-5,8,11,14H,6-7,9-10H2,1-2H3,(H,22,24). The van der Waals surface area contributed by atoms with E-state index >= 15 is 0 Å². The molecule has 6 heteroatoms. The van der Waals surface area contributed by atoms with Crippen molar-refractivity contribution in [3.8, 4) is 0 Å². The topological polar surface area (TPSA) is 58.1 Å². The lowest BCUT2D eigenvalue weighted by Gasteiger charge is -2.31. The predicted molar refractivity (Wildman–Crippen MR) is 96.5 cm³/mol. The molecule has 1 fully saturated rings. The van der Waals surface area contributed by atoms with Gasteiger partial charge in [0.2, 0.25) is 11.9 Å². The molecule has 0 bridgehead atoms. The summed E-state index contributed by atoms with van der Waals surface area (Å²) in [6.07, 6.45) is 3.36. The Balaban J connectivity index is 1.58. The van der Waals surface area contributed by atoms with Crippen molar-refractivity contribution in [2.75, 3.05) is 23.3 Å². The zero-order valence-electron chi connectivity index (χ0n) is 13.9. The molecule has 0 saturated carbocycles. The van der Waals surface area contributed by atoms with Crippen molar-refractivity contribution in [3.05, 3.63) is 46.7 Å². The average Bonchev–Trinajstić information content (AvgIpc) is 2.58. The molecule has 0 atom stereocenters. The number of aromatic nitrogens is 2. The first kappa shape index (κ1) is 16.7. The van der Waals surface area contributed by atoms with E-state index in [1.807, 2.05) is 32.0 Å². The quantitative estimate of drug-likeness (QED) is 0.924. The van der Waals surface area contributed by atoms with Crippen LogP contribution in [0.2, 0.25) is 5.02 Å². The predicted octanol–water partition coefficient (Wildman–Crippen LogP) is 3.60. The summed E-state index contributed by atoms with van der Waals surface area (Å²) in [6, 6.07) is 7.48. The summed E-state index contributed by atoms with van der Waals surface area (Å²) in [5.74, 6) is 0.810. The van der Waals surface area contributed by atoms with Crippen LogP contribution in [-0.4, -0.2) is 29.0 Å². The molecule has 0 radical (unpaired) electrons. The average molecular weight is 345 g/mol. The smallest absolute Gasteiger partial charge is 0.227 e. The fraction of sp³-hybridized carbons (Fsp3) is 0.389. The number of nitrogens with one attached hydrogen (secondary N) is 1. The third-order valence-electron chi connectivity index (χ3n) is 4.37. The van der Waals surface area contributed by atoms with Gasteiger partial charge in [0.15, 0.2) is 0 Å². The van der Waals surface area contributed by atoms with Gasteiger partial charge in [-0.1, -0.05) is 17.7 Å². The van der Waals surface area contributed by atoms with Crippen LogP contribution in [-0.2, 0) is 4.79 Å². The molecular weight excluding hydrogens is 324 g/mol. The Hall–Kier alpha value is -2.14. The molecule has 0 aliphatic carbocycles. The molecule has 1 amide bonds. The maximum atomic E-state index is 12.5. The molecule has 1 saturated heterocycles. The van der Waals surface area contributed by atoms with E-state index in [0.29, 0.717) is 5.02 Å². The zero-order valence-corrected chi connectivity index (χ0v) is 14.7. The first-order valence-electron chi connectivity index (χ1n) is 8.14. The molecule has 2 heterocycles. The minimum Gasteiger partial charge on any atom is -0.341 e. The Morgan fingerprint density at radius 1 is 1.25 bits per heavy atom. The highest BCUT2D eigenvalue weighted by atomic mass is 35.5. The van der Waals surface area contributed by atoms with Crippen LogP contribution in [0.4, 0.5) is 11.6 Å². The molecule has 1 aliphatic rings. The summed E-state index contributed by atoms with van der Waals surface area (Å²) < 4.78 is 0. The molecular formula is C18H21ClN4O. The minimum absolute atomic E-state index is 0.00568. The number of aryl methyl sites for hydroxylation is 2. The van der Waals surface area contributed by atoms with E-state index in [1.165, 1.54) is 0 Å². The van der Waals surface area contributed by atoms with Gasteiger partial charge in [0.05, 0.1) is 0 Å². The summed E-state index contributed by atoms with van der Waals surface area (Å²) >= 11 is 6.11. The van der Waals surface area contributed by atoms with Gasteiger partial charge >= 0.3 is 0 Å². The first-order chi connectivity index (χ1) is 11.5. The highest BCUT2D eigenvalue weighted by Gasteiger charge is 2.26. The number of amides is 1. The number of carbonyl (C=O) groups is 1. The van der Waals surface area contributed by atoms with Crippen molar-refractivity contribution in [2.24, 2.45) is 5.92 Å². The van der Waals surface area contributed by atoms with Gasteiger partial charge in [0, 0.05) is 41.6 Å². The largest absolute Gasteiger partial charge is 0.341 e. The molecule has 0 unspecified atom stereocenters. The lowest BCUT2D eigenvalue weighted by atomic mass is 9.96. The van der Waals surface area contributed by atoms with Crippen molar-refractivity contribution in [1.82, 2.24) is 9.97 Å². The highest BCUT2D eigenvalue weighted by Crippen LogP contribution is 2.24. The maximum Gasteiger partial charge on any atom is 0.227 e. The van der Waals surface area contributed by atoms with Gasteiger partial charge in [0.25, 0.3) is 0 Å². The number of piperidine rings is 1. The minimum atomic E-state index is 0.00568. The Kier molecular flexibility index (Phi) is 5.00. The van der Waals surface area contributed by atoms with Crippen LogP contribution in [0.5, 0.6) is 0 Å². The summed E-state index contributed by atoms with van der Waals surface area (Å²) in [6.45, 7) is 5.47. The van der Waals surface area contributed by atoms with Crippen molar-refractivity contribution >= 4 is 29.1 Å². The molecule has 5 nitrogen and oxygen atoms in total. The lowest BCUT2D eigenvalue weighted by molar-refractivity contribution is -0.120. The van der Waals surface area contributed by atoms with Crippen LogP contribution in [0.3, 0.4) is 0 Å². The van der Waals surface area contributed by atoms with Gasteiger partial charge in [-0.05, 0) is 50.5 Å². The number of hydrogen-bond acceptors (Lipinski definition) is 4. The molecule has 126 valence electrons. The van der Waals surface area contributed by atoms with E-state index in [-0.39, 0.29) is 11.8 Å². The maximum absolute atomic E-state index is 12.5. The molecule has 1 aromatic heterocycles. The second-order valence-electron chi connectivity index (χ2n) is 6.21. The second kappa shape index (κ2) is 7.18. The Labute approximate surface area is 147 Å². The molecule has 3 rings (SSSR count). The fourth-order valence-corrected chi connectivity index (χ4v) is 3.03. The van der Waals surface area contributed by atoms with E-state index in [1.54, 1.807) is 12.3 Å². The van der Waals surface area contributed by atoms with E-state index in [9.17, 15) is 4.79 Å². The third kappa shape index (κ3) is 3.85. The summed E-state index contributed by atoms with van der Waals surface area (Å²) in [5, 5.41) is 3.64. The summed E-state index contributed by atoms with van der Waals surface area (Å²) in [5.41, 5.74) is 2.71. The van der Waals surface area contributed by atoms with E-state index in [0.717, 1.165) is 48.8 Å². The van der Waals surface area contributed by atoms with Gasteiger partial charge in [-0.15, -0.1) is 0 Å². The second-order valence-corrected chi connectivity index (χ2v) is 6.62. The van der Waals surface area contributed by atoms with Crippen LogP contribution in [0.25, 0.3) is 0 Å². The summed E-state index contributed by atoms with van der Waals surface area (Å²) in [7, 11) is 0. The van der Waals surface area contributed by atoms with E-state index in [4.69, 9.17) is 11.6 Å². The van der Waals surface area contributed by atoms with Gasteiger partial charge < -0.3 is 10.2 Å². The number of benzene rings is 1. The molecule has 1 aliphatic heterocycles. The van der Waals surface area contributed by atoms with E-state index in [2.05, 4.69) is 20.2 Å². The van der Waals surface area contributed by atoms with Crippen LogP contribution in [0, 0.1) is 19.8 Å². The Bertz CT molecular complexity index is 742. The third-order valence-corrected chi connectivity index (χ3v) is 4.78. The van der Waals surface area contributed by atoms with Crippen LogP contribution in [0.15, 0.2) is 30.5 Å². The van der Waals surface area contributed by atoms with Crippen LogP contribution < -0.4 is 10.2 Å². The number of nitrogens with zero attached hydrogens (tertiary/aromatic N) is 3. The van der Waals surface area contributed by atoms with Gasteiger partial charge in [-0.2, -0.15) is 0 Å². The van der Waals surface area contributed by atoms with Crippen molar-refractivity contribution < 1.29 is 4.79 Å². The van der Waals surface area contributed by atoms with Crippen molar-refractivity contribution in [3.63, 3.8) is 0 Å². The number of anilines is 2. The molecule has 0 spiro atoms. The SMILES string of the molecule is Cc1ccnc(N2CCC(C(=O)Nc3ccc(C)c(Cl)c3)CC2)n1. The van der Waals surface area contributed by atoms with E-state index < -0.39 is 0 Å². The van der Waals surface area contributed by atoms with Crippen molar-refractivity contribution in [1.29, 1.82) is 0 Å². The van der Waals surface area contributed by atoms with Crippen LogP contribution in [0.1, 0.15) is 24.1 Å². The molecule has 2 aromatic rings. The number of rotatable bonds is 3. The van der Waals surface area contributed by atoms with Gasteiger partial charge in [0.1, 0.15) is 0 Å².